The number of carbonyl (C=O) groups is 1. The largest absolute Gasteiger partial charge is 0.339 e. The molecule has 146 valence electrons. The van der Waals surface area contributed by atoms with Gasteiger partial charge in [0.2, 0.25) is 5.91 Å². The summed E-state index contributed by atoms with van der Waals surface area (Å²) in [4.78, 5) is 34.7. The zero-order chi connectivity index (χ0) is 19.0. The van der Waals surface area contributed by atoms with E-state index >= 15 is 0 Å². The molecule has 5 nitrogen and oxygen atoms in total. The van der Waals surface area contributed by atoms with Crippen molar-refractivity contribution in [2.45, 2.75) is 77.8 Å². The second kappa shape index (κ2) is 7.74. The van der Waals surface area contributed by atoms with Crippen molar-refractivity contribution >= 4 is 27.5 Å². The smallest absolute Gasteiger partial charge is 0.262 e. The Hall–Kier alpha value is -1.69. The number of thiophene rings is 1. The molecule has 1 unspecified atom stereocenters. The lowest BCUT2D eigenvalue weighted by Gasteiger charge is -2.38. The van der Waals surface area contributed by atoms with Crippen LogP contribution in [-0.2, 0) is 24.2 Å². The lowest BCUT2D eigenvalue weighted by atomic mass is 9.92. The molecule has 1 saturated heterocycles. The summed E-state index contributed by atoms with van der Waals surface area (Å²) in [6, 6.07) is 0.340. The van der Waals surface area contributed by atoms with Crippen LogP contribution in [0.4, 0.5) is 0 Å². The van der Waals surface area contributed by atoms with Crippen molar-refractivity contribution in [3.8, 4) is 0 Å². The summed E-state index contributed by atoms with van der Waals surface area (Å²) in [6.45, 7) is 5.66. The maximum atomic E-state index is 13.0. The molecule has 1 aliphatic carbocycles. The Balaban J connectivity index is 1.53. The van der Waals surface area contributed by atoms with Crippen LogP contribution in [0.1, 0.15) is 62.8 Å². The Morgan fingerprint density at radius 1 is 1.26 bits per heavy atom. The van der Waals surface area contributed by atoms with Gasteiger partial charge in [-0.2, -0.15) is 0 Å². The molecule has 0 bridgehead atoms. The minimum Gasteiger partial charge on any atom is -0.339 e. The molecule has 27 heavy (non-hydrogen) atoms. The van der Waals surface area contributed by atoms with Gasteiger partial charge in [-0.3, -0.25) is 14.2 Å². The number of rotatable bonds is 4. The van der Waals surface area contributed by atoms with Gasteiger partial charge in [0.25, 0.3) is 5.56 Å². The molecule has 0 radical (unpaired) electrons. The molecule has 0 saturated carbocycles. The van der Waals surface area contributed by atoms with Crippen LogP contribution in [0.5, 0.6) is 0 Å². The highest BCUT2D eigenvalue weighted by atomic mass is 32.1. The summed E-state index contributed by atoms with van der Waals surface area (Å²) in [5.74, 6) is 0.653. The molecular weight excluding hydrogens is 358 g/mol. The first-order valence-electron chi connectivity index (χ1n) is 10.4. The fourth-order valence-electron chi connectivity index (χ4n) is 4.66. The van der Waals surface area contributed by atoms with Gasteiger partial charge in [-0.05, 0) is 56.4 Å². The number of hydrogen-bond acceptors (Lipinski definition) is 4. The fraction of sp³-hybridized carbons (Fsp3) is 0.667. The highest BCUT2D eigenvalue weighted by Gasteiger charge is 2.28. The van der Waals surface area contributed by atoms with E-state index in [1.165, 1.54) is 23.3 Å². The van der Waals surface area contributed by atoms with Gasteiger partial charge in [-0.1, -0.05) is 13.8 Å². The predicted molar refractivity (Wildman–Crippen MR) is 109 cm³/mol. The Morgan fingerprint density at radius 3 is 2.89 bits per heavy atom. The maximum absolute atomic E-state index is 13.0. The molecule has 1 aliphatic heterocycles. The molecule has 1 atom stereocenters. The SMILES string of the molecule is CC(C)C1CCCCN1C(=O)CCn1cnc2sc3c(c2c1=O)CCCC3. The van der Waals surface area contributed by atoms with Gasteiger partial charge in [0.1, 0.15) is 4.83 Å². The Labute approximate surface area is 164 Å². The number of hydrogen-bond donors (Lipinski definition) is 0. The molecule has 0 aromatic carbocycles. The molecule has 0 spiro atoms. The van der Waals surface area contributed by atoms with Crippen LogP contribution in [-0.4, -0.2) is 32.9 Å². The van der Waals surface area contributed by atoms with E-state index in [0.717, 1.165) is 48.9 Å². The first-order valence-corrected chi connectivity index (χ1v) is 11.2. The van der Waals surface area contributed by atoms with Gasteiger partial charge >= 0.3 is 0 Å². The number of piperidine rings is 1. The Kier molecular flexibility index (Phi) is 5.35. The average Bonchev–Trinajstić information content (AvgIpc) is 3.06. The molecule has 2 aromatic heterocycles. The summed E-state index contributed by atoms with van der Waals surface area (Å²) in [6.07, 6.45) is 9.81. The molecule has 1 amide bonds. The third-order valence-corrected chi connectivity index (χ3v) is 7.35. The van der Waals surface area contributed by atoms with Crippen molar-refractivity contribution in [2.24, 2.45) is 5.92 Å². The summed E-state index contributed by atoms with van der Waals surface area (Å²) in [5, 5.41) is 0.808. The number of carbonyl (C=O) groups excluding carboxylic acids is 1. The summed E-state index contributed by atoms with van der Waals surface area (Å²) >= 11 is 1.67. The van der Waals surface area contributed by atoms with Gasteiger partial charge in [0.05, 0.1) is 11.7 Å². The Bertz CT molecular complexity index is 899. The average molecular weight is 388 g/mol. The number of fused-ring (bicyclic) bond motifs is 3. The minimum absolute atomic E-state index is 0.0336. The number of aryl methyl sites for hydroxylation is 3. The number of nitrogens with zero attached hydrogens (tertiary/aromatic N) is 3. The molecule has 2 aliphatic rings. The van der Waals surface area contributed by atoms with Crippen molar-refractivity contribution < 1.29 is 4.79 Å². The number of aromatic nitrogens is 2. The highest BCUT2D eigenvalue weighted by Crippen LogP contribution is 2.33. The lowest BCUT2D eigenvalue weighted by molar-refractivity contribution is -0.136. The van der Waals surface area contributed by atoms with Gasteiger partial charge < -0.3 is 4.90 Å². The third kappa shape index (κ3) is 3.56. The van der Waals surface area contributed by atoms with Crippen molar-refractivity contribution in [3.63, 3.8) is 0 Å². The second-order valence-corrected chi connectivity index (χ2v) is 9.36. The van der Waals surface area contributed by atoms with Crippen LogP contribution >= 0.6 is 11.3 Å². The van der Waals surface area contributed by atoms with Crippen LogP contribution < -0.4 is 5.56 Å². The molecule has 0 N–H and O–H groups in total. The zero-order valence-electron chi connectivity index (χ0n) is 16.4. The molecule has 2 aromatic rings. The Morgan fingerprint density at radius 2 is 2.07 bits per heavy atom. The van der Waals surface area contributed by atoms with E-state index in [0.29, 0.717) is 24.9 Å². The van der Waals surface area contributed by atoms with E-state index in [1.807, 2.05) is 0 Å². The number of amides is 1. The normalized spacial score (nSPS) is 20.3. The molecule has 6 heteroatoms. The standard InChI is InChI=1S/C21H29N3O2S/c1-14(2)16-8-5-6-11-24(16)18(25)10-12-23-13-22-20-19(21(23)26)15-7-3-4-9-17(15)27-20/h13-14,16H,3-12H2,1-2H3. The third-order valence-electron chi connectivity index (χ3n) is 6.15. The predicted octanol–water partition coefficient (Wildman–Crippen LogP) is 3.76. The first-order chi connectivity index (χ1) is 13.1. The molecule has 3 heterocycles. The van der Waals surface area contributed by atoms with E-state index in [4.69, 9.17) is 0 Å². The molecular formula is C21H29N3O2S. The fourth-order valence-corrected chi connectivity index (χ4v) is 5.88. The zero-order valence-corrected chi connectivity index (χ0v) is 17.2. The van der Waals surface area contributed by atoms with Crippen LogP contribution in [0.3, 0.4) is 0 Å². The summed E-state index contributed by atoms with van der Waals surface area (Å²) < 4.78 is 1.65. The van der Waals surface area contributed by atoms with Crippen molar-refractivity contribution in [3.05, 3.63) is 27.1 Å². The van der Waals surface area contributed by atoms with E-state index in [9.17, 15) is 9.59 Å². The van der Waals surface area contributed by atoms with Crippen molar-refractivity contribution in [1.29, 1.82) is 0 Å². The van der Waals surface area contributed by atoms with Crippen LogP contribution in [0.15, 0.2) is 11.1 Å². The summed E-state index contributed by atoms with van der Waals surface area (Å²) in [5.41, 5.74) is 1.25. The minimum atomic E-state index is 0.0336. The van der Waals surface area contributed by atoms with Gasteiger partial charge in [-0.15, -0.1) is 11.3 Å². The van der Waals surface area contributed by atoms with E-state index in [1.54, 1.807) is 22.2 Å². The van der Waals surface area contributed by atoms with Crippen molar-refractivity contribution in [1.82, 2.24) is 14.5 Å². The van der Waals surface area contributed by atoms with Crippen LogP contribution in [0.25, 0.3) is 10.2 Å². The van der Waals surface area contributed by atoms with Crippen molar-refractivity contribution in [2.75, 3.05) is 6.54 Å². The monoisotopic (exact) mass is 387 g/mol. The quantitative estimate of drug-likeness (QED) is 0.802. The van der Waals surface area contributed by atoms with Gasteiger partial charge in [0.15, 0.2) is 0 Å². The summed E-state index contributed by atoms with van der Waals surface area (Å²) in [7, 11) is 0. The number of likely N-dealkylation sites (tertiary alicyclic amines) is 1. The van der Waals surface area contributed by atoms with E-state index in [2.05, 4.69) is 23.7 Å². The first kappa shape index (κ1) is 18.7. The van der Waals surface area contributed by atoms with Crippen LogP contribution in [0.2, 0.25) is 0 Å². The topological polar surface area (TPSA) is 55.2 Å². The highest BCUT2D eigenvalue weighted by molar-refractivity contribution is 7.18. The van der Waals surface area contributed by atoms with Gasteiger partial charge in [0, 0.05) is 30.4 Å². The molecule has 4 rings (SSSR count). The van der Waals surface area contributed by atoms with Gasteiger partial charge in [-0.25, -0.2) is 4.98 Å². The maximum Gasteiger partial charge on any atom is 0.262 e. The lowest BCUT2D eigenvalue weighted by Crippen LogP contribution is -2.46. The second-order valence-electron chi connectivity index (χ2n) is 8.28. The molecule has 1 fully saturated rings. The van der Waals surface area contributed by atoms with E-state index < -0.39 is 0 Å². The van der Waals surface area contributed by atoms with Crippen LogP contribution in [0, 0.1) is 5.92 Å². The van der Waals surface area contributed by atoms with E-state index in [-0.39, 0.29) is 11.5 Å².